The van der Waals surface area contributed by atoms with E-state index in [-0.39, 0.29) is 0 Å². The highest BCUT2D eigenvalue weighted by Gasteiger charge is 2.22. The Hall–Kier alpha value is -1.23. The third-order valence-electron chi connectivity index (χ3n) is 2.77. The van der Waals surface area contributed by atoms with Crippen molar-refractivity contribution in [2.45, 2.75) is 12.3 Å². The number of aromatic nitrogens is 3. The van der Waals surface area contributed by atoms with Crippen molar-refractivity contribution in [2.75, 3.05) is 17.2 Å². The maximum atomic E-state index is 5.79. The molecule has 5 heteroatoms. The number of rotatable bonds is 1. The van der Waals surface area contributed by atoms with Gasteiger partial charge in [-0.2, -0.15) is 11.8 Å². The third kappa shape index (κ3) is 1.47. The summed E-state index contributed by atoms with van der Waals surface area (Å²) in [6, 6.07) is 1.84. The van der Waals surface area contributed by atoms with Gasteiger partial charge in [0.1, 0.15) is 11.3 Å². The van der Waals surface area contributed by atoms with E-state index in [0.29, 0.717) is 11.7 Å². The molecule has 3 heterocycles. The van der Waals surface area contributed by atoms with Gasteiger partial charge >= 0.3 is 0 Å². The van der Waals surface area contributed by atoms with Crippen LogP contribution in [0.25, 0.3) is 11.0 Å². The SMILES string of the molecule is Nc1cc2[nH]cnc2c(C2CCSC2)n1. The third-order valence-corrected chi connectivity index (χ3v) is 3.93. The average Bonchev–Trinajstić information content (AvgIpc) is 2.86. The summed E-state index contributed by atoms with van der Waals surface area (Å²) in [6.45, 7) is 0. The first kappa shape index (κ1) is 9.03. The zero-order valence-corrected chi connectivity index (χ0v) is 9.05. The van der Waals surface area contributed by atoms with Crippen molar-refractivity contribution >= 4 is 28.6 Å². The fourth-order valence-electron chi connectivity index (χ4n) is 2.03. The van der Waals surface area contributed by atoms with E-state index in [4.69, 9.17) is 5.73 Å². The van der Waals surface area contributed by atoms with E-state index in [2.05, 4.69) is 15.0 Å². The summed E-state index contributed by atoms with van der Waals surface area (Å²) >= 11 is 1.98. The summed E-state index contributed by atoms with van der Waals surface area (Å²) in [5.74, 6) is 3.45. The molecule has 4 nitrogen and oxygen atoms in total. The van der Waals surface area contributed by atoms with Crippen molar-refractivity contribution in [2.24, 2.45) is 0 Å². The molecule has 1 saturated heterocycles. The number of hydrogen-bond donors (Lipinski definition) is 2. The molecule has 15 heavy (non-hydrogen) atoms. The molecular weight excluding hydrogens is 208 g/mol. The number of fused-ring (bicyclic) bond motifs is 1. The van der Waals surface area contributed by atoms with Crippen LogP contribution in [0.2, 0.25) is 0 Å². The van der Waals surface area contributed by atoms with Crippen LogP contribution < -0.4 is 5.73 Å². The molecule has 0 aromatic carbocycles. The van der Waals surface area contributed by atoms with E-state index in [0.717, 1.165) is 22.5 Å². The van der Waals surface area contributed by atoms with E-state index < -0.39 is 0 Å². The lowest BCUT2D eigenvalue weighted by molar-refractivity contribution is 0.760. The second-order valence-corrected chi connectivity index (χ2v) is 4.94. The van der Waals surface area contributed by atoms with Gasteiger partial charge in [0.05, 0.1) is 17.5 Å². The molecule has 1 aliphatic heterocycles. The van der Waals surface area contributed by atoms with Gasteiger partial charge in [-0.3, -0.25) is 0 Å². The van der Waals surface area contributed by atoms with Gasteiger partial charge < -0.3 is 10.7 Å². The lowest BCUT2D eigenvalue weighted by Crippen LogP contribution is -2.03. The lowest BCUT2D eigenvalue weighted by atomic mass is 10.0. The summed E-state index contributed by atoms with van der Waals surface area (Å²) in [5, 5.41) is 0. The predicted octanol–water partition coefficient (Wildman–Crippen LogP) is 1.76. The van der Waals surface area contributed by atoms with E-state index in [1.54, 1.807) is 6.33 Å². The predicted molar refractivity (Wildman–Crippen MR) is 63.0 cm³/mol. The smallest absolute Gasteiger partial charge is 0.125 e. The van der Waals surface area contributed by atoms with Gasteiger partial charge in [-0.25, -0.2) is 9.97 Å². The fraction of sp³-hybridized carbons (Fsp3) is 0.400. The Labute approximate surface area is 91.7 Å². The molecule has 2 aromatic rings. The molecule has 0 bridgehead atoms. The van der Waals surface area contributed by atoms with Crippen LogP contribution in [-0.4, -0.2) is 26.5 Å². The number of hydrogen-bond acceptors (Lipinski definition) is 4. The number of imidazole rings is 1. The van der Waals surface area contributed by atoms with Gasteiger partial charge in [-0.15, -0.1) is 0 Å². The Morgan fingerprint density at radius 3 is 3.27 bits per heavy atom. The second kappa shape index (κ2) is 3.41. The molecule has 1 aliphatic rings. The molecule has 1 unspecified atom stereocenters. The van der Waals surface area contributed by atoms with Crippen LogP contribution >= 0.6 is 11.8 Å². The van der Waals surface area contributed by atoms with Crippen LogP contribution in [0.15, 0.2) is 12.4 Å². The first-order valence-electron chi connectivity index (χ1n) is 5.02. The summed E-state index contributed by atoms with van der Waals surface area (Å²) in [4.78, 5) is 11.8. The van der Waals surface area contributed by atoms with Crippen molar-refractivity contribution in [3.8, 4) is 0 Å². The molecule has 2 aromatic heterocycles. The van der Waals surface area contributed by atoms with Crippen LogP contribution in [0, 0.1) is 0 Å². The van der Waals surface area contributed by atoms with E-state index >= 15 is 0 Å². The van der Waals surface area contributed by atoms with Crippen molar-refractivity contribution in [1.82, 2.24) is 15.0 Å². The van der Waals surface area contributed by atoms with E-state index in [1.165, 1.54) is 12.2 Å². The highest BCUT2D eigenvalue weighted by atomic mass is 32.2. The minimum atomic E-state index is 0.518. The average molecular weight is 220 g/mol. The normalized spacial score (nSPS) is 21.2. The quantitative estimate of drug-likeness (QED) is 0.768. The van der Waals surface area contributed by atoms with E-state index in [1.807, 2.05) is 17.8 Å². The zero-order chi connectivity index (χ0) is 10.3. The fourth-order valence-corrected chi connectivity index (χ4v) is 3.25. The standard InChI is InChI=1S/C10H12N4S/c11-8-3-7-10(13-5-12-7)9(14-8)6-1-2-15-4-6/h3,5-6H,1-2,4H2,(H2,11,14)(H,12,13). The van der Waals surface area contributed by atoms with Crippen LogP contribution in [0.1, 0.15) is 18.0 Å². The van der Waals surface area contributed by atoms with Gasteiger partial charge in [0, 0.05) is 17.7 Å². The number of anilines is 1. The Bertz CT molecular complexity index is 487. The second-order valence-electron chi connectivity index (χ2n) is 3.79. The summed E-state index contributed by atoms with van der Waals surface area (Å²) in [6.07, 6.45) is 2.89. The largest absolute Gasteiger partial charge is 0.384 e. The van der Waals surface area contributed by atoms with E-state index in [9.17, 15) is 0 Å². The number of nitrogens with two attached hydrogens (primary N) is 1. The Balaban J connectivity index is 2.18. The first-order valence-corrected chi connectivity index (χ1v) is 6.17. The lowest BCUT2D eigenvalue weighted by Gasteiger charge is -2.08. The van der Waals surface area contributed by atoms with Gasteiger partial charge in [-0.05, 0) is 12.2 Å². The number of thioether (sulfide) groups is 1. The van der Waals surface area contributed by atoms with Crippen LogP contribution in [-0.2, 0) is 0 Å². The Morgan fingerprint density at radius 1 is 1.53 bits per heavy atom. The number of aromatic amines is 1. The maximum absolute atomic E-state index is 5.79. The Morgan fingerprint density at radius 2 is 2.47 bits per heavy atom. The number of nitrogen functional groups attached to an aromatic ring is 1. The highest BCUT2D eigenvalue weighted by Crippen LogP contribution is 2.34. The van der Waals surface area contributed by atoms with Crippen LogP contribution in [0.3, 0.4) is 0 Å². The maximum Gasteiger partial charge on any atom is 0.125 e. The molecule has 0 radical (unpaired) electrons. The monoisotopic (exact) mass is 220 g/mol. The van der Waals surface area contributed by atoms with Gasteiger partial charge in [0.15, 0.2) is 0 Å². The number of H-pyrrole nitrogens is 1. The minimum Gasteiger partial charge on any atom is -0.384 e. The molecule has 3 rings (SSSR count). The van der Waals surface area contributed by atoms with Crippen molar-refractivity contribution in [1.29, 1.82) is 0 Å². The Kier molecular flexibility index (Phi) is 2.05. The van der Waals surface area contributed by atoms with Crippen molar-refractivity contribution in [3.63, 3.8) is 0 Å². The summed E-state index contributed by atoms with van der Waals surface area (Å²) in [7, 11) is 0. The van der Waals surface area contributed by atoms with Gasteiger partial charge in [0.2, 0.25) is 0 Å². The molecular formula is C10H12N4S. The highest BCUT2D eigenvalue weighted by molar-refractivity contribution is 7.99. The minimum absolute atomic E-state index is 0.518. The molecule has 0 spiro atoms. The number of pyridine rings is 1. The molecule has 0 aliphatic carbocycles. The molecule has 1 atom stereocenters. The van der Waals surface area contributed by atoms with Crippen molar-refractivity contribution < 1.29 is 0 Å². The molecule has 3 N–H and O–H groups in total. The number of nitrogens with one attached hydrogen (secondary N) is 1. The zero-order valence-electron chi connectivity index (χ0n) is 8.23. The van der Waals surface area contributed by atoms with Crippen LogP contribution in [0.5, 0.6) is 0 Å². The molecule has 78 valence electrons. The topological polar surface area (TPSA) is 67.6 Å². The van der Waals surface area contributed by atoms with Gasteiger partial charge in [0.25, 0.3) is 0 Å². The molecule has 0 amide bonds. The van der Waals surface area contributed by atoms with Crippen molar-refractivity contribution in [3.05, 3.63) is 18.1 Å². The summed E-state index contributed by atoms with van der Waals surface area (Å²) < 4.78 is 0. The van der Waals surface area contributed by atoms with Crippen LogP contribution in [0.4, 0.5) is 5.82 Å². The first-order chi connectivity index (χ1) is 7.34. The number of nitrogens with zero attached hydrogens (tertiary/aromatic N) is 2. The van der Waals surface area contributed by atoms with Gasteiger partial charge in [-0.1, -0.05) is 0 Å². The molecule has 1 fully saturated rings. The summed E-state index contributed by atoms with van der Waals surface area (Å²) in [5.41, 5.74) is 8.83. The molecule has 0 saturated carbocycles.